The Bertz CT molecular complexity index is 709. The van der Waals surface area contributed by atoms with E-state index in [9.17, 15) is 4.79 Å². The minimum atomic E-state index is -0.0479. The average Bonchev–Trinajstić information content (AvgIpc) is 2.98. The molecule has 1 saturated heterocycles. The van der Waals surface area contributed by atoms with Crippen LogP contribution in [0.15, 0.2) is 42.5 Å². The van der Waals surface area contributed by atoms with Crippen molar-refractivity contribution in [2.24, 2.45) is 5.92 Å². The van der Waals surface area contributed by atoms with Gasteiger partial charge in [-0.3, -0.25) is 0 Å². The summed E-state index contributed by atoms with van der Waals surface area (Å²) in [4.78, 5) is 12.3. The lowest BCUT2D eigenvalue weighted by molar-refractivity contribution is 0.225. The highest BCUT2D eigenvalue weighted by Crippen LogP contribution is 2.29. The fourth-order valence-corrected chi connectivity index (χ4v) is 4.02. The van der Waals surface area contributed by atoms with Gasteiger partial charge in [0.2, 0.25) is 0 Å². The molecule has 2 aromatic rings. The maximum absolute atomic E-state index is 12.3. The van der Waals surface area contributed by atoms with Crippen molar-refractivity contribution < 1.29 is 4.79 Å². The fourth-order valence-electron chi connectivity index (χ4n) is 4.02. The van der Waals surface area contributed by atoms with Crippen LogP contribution >= 0.6 is 0 Å². The minimum Gasteiger partial charge on any atom is -0.335 e. The molecule has 2 fully saturated rings. The van der Waals surface area contributed by atoms with Crippen molar-refractivity contribution in [2.45, 2.75) is 37.9 Å². The van der Waals surface area contributed by atoms with Crippen LogP contribution in [0.3, 0.4) is 0 Å². The van der Waals surface area contributed by atoms with Crippen LogP contribution in [0.25, 0.3) is 10.8 Å². The highest BCUT2D eigenvalue weighted by Gasteiger charge is 2.36. The van der Waals surface area contributed by atoms with Gasteiger partial charge in [0.1, 0.15) is 0 Å². The predicted molar refractivity (Wildman–Crippen MR) is 92.2 cm³/mol. The van der Waals surface area contributed by atoms with Crippen molar-refractivity contribution in [2.75, 3.05) is 6.54 Å². The first-order valence-electron chi connectivity index (χ1n) is 8.54. The van der Waals surface area contributed by atoms with Gasteiger partial charge in [-0.1, -0.05) is 42.5 Å². The summed E-state index contributed by atoms with van der Waals surface area (Å²) in [6.45, 7) is 1.60. The number of fused-ring (bicyclic) bond motifs is 3. The summed E-state index contributed by atoms with van der Waals surface area (Å²) in [6.07, 6.45) is 3.46. The SMILES string of the molecule is O=C(NCc1cccc2ccccc12)NC1CCC2CC1CN2. The molecule has 120 valence electrons. The standard InChI is InChI=1S/C19H23N3O/c23-19(22-18-9-8-16-10-15(18)12-20-16)21-11-14-6-3-5-13-4-1-2-7-17(13)14/h1-7,15-16,18,20H,8-12H2,(H2,21,22,23). The maximum atomic E-state index is 12.3. The molecule has 2 aliphatic rings. The molecule has 0 radical (unpaired) electrons. The molecule has 3 unspecified atom stereocenters. The Morgan fingerprint density at radius 3 is 2.96 bits per heavy atom. The lowest BCUT2D eigenvalue weighted by Crippen LogP contribution is -2.46. The minimum absolute atomic E-state index is 0.0479. The van der Waals surface area contributed by atoms with E-state index in [-0.39, 0.29) is 6.03 Å². The van der Waals surface area contributed by atoms with Gasteiger partial charge in [0.05, 0.1) is 0 Å². The molecule has 2 aromatic carbocycles. The van der Waals surface area contributed by atoms with E-state index < -0.39 is 0 Å². The molecule has 4 nitrogen and oxygen atoms in total. The summed E-state index contributed by atoms with van der Waals surface area (Å²) in [6, 6.07) is 15.5. The number of urea groups is 1. The molecular formula is C19H23N3O. The smallest absolute Gasteiger partial charge is 0.315 e. The second-order valence-corrected chi connectivity index (χ2v) is 6.75. The molecule has 4 heteroatoms. The molecule has 1 aliphatic carbocycles. The first-order chi connectivity index (χ1) is 11.3. The molecule has 3 N–H and O–H groups in total. The molecule has 3 atom stereocenters. The van der Waals surface area contributed by atoms with Gasteiger partial charge in [-0.25, -0.2) is 4.79 Å². The van der Waals surface area contributed by atoms with E-state index in [4.69, 9.17) is 0 Å². The number of amides is 2. The van der Waals surface area contributed by atoms with E-state index in [2.05, 4.69) is 40.2 Å². The normalized spacial score (nSPS) is 26.2. The third kappa shape index (κ3) is 3.04. The second-order valence-electron chi connectivity index (χ2n) is 6.75. The second kappa shape index (κ2) is 6.20. The van der Waals surface area contributed by atoms with Gasteiger partial charge in [0.25, 0.3) is 0 Å². The van der Waals surface area contributed by atoms with E-state index in [0.29, 0.717) is 24.5 Å². The topological polar surface area (TPSA) is 53.2 Å². The highest BCUT2D eigenvalue weighted by molar-refractivity contribution is 5.86. The van der Waals surface area contributed by atoms with Crippen molar-refractivity contribution in [1.29, 1.82) is 0 Å². The Labute approximate surface area is 136 Å². The van der Waals surface area contributed by atoms with Gasteiger partial charge < -0.3 is 16.0 Å². The Balaban J connectivity index is 1.37. The lowest BCUT2D eigenvalue weighted by atomic mass is 9.86. The summed E-state index contributed by atoms with van der Waals surface area (Å²) in [7, 11) is 0. The summed E-state index contributed by atoms with van der Waals surface area (Å²) in [5.41, 5.74) is 1.16. The van der Waals surface area contributed by atoms with E-state index in [0.717, 1.165) is 18.5 Å². The van der Waals surface area contributed by atoms with Crippen molar-refractivity contribution in [1.82, 2.24) is 16.0 Å². The first-order valence-corrected chi connectivity index (χ1v) is 8.54. The summed E-state index contributed by atoms with van der Waals surface area (Å²) in [5.74, 6) is 0.594. The number of hydrogen-bond acceptors (Lipinski definition) is 2. The molecule has 23 heavy (non-hydrogen) atoms. The zero-order valence-corrected chi connectivity index (χ0v) is 13.2. The van der Waals surface area contributed by atoms with Gasteiger partial charge >= 0.3 is 6.03 Å². The fraction of sp³-hybridized carbons (Fsp3) is 0.421. The van der Waals surface area contributed by atoms with Gasteiger partial charge in [0, 0.05) is 25.2 Å². The molecule has 2 amide bonds. The van der Waals surface area contributed by atoms with Crippen LogP contribution in [0.5, 0.6) is 0 Å². The zero-order valence-electron chi connectivity index (χ0n) is 13.2. The monoisotopic (exact) mass is 309 g/mol. The van der Waals surface area contributed by atoms with Gasteiger partial charge in [-0.15, -0.1) is 0 Å². The van der Waals surface area contributed by atoms with Crippen LogP contribution < -0.4 is 16.0 Å². The molecule has 4 rings (SSSR count). The quantitative estimate of drug-likeness (QED) is 0.816. The van der Waals surface area contributed by atoms with E-state index in [1.54, 1.807) is 0 Å². The number of carbonyl (C=O) groups excluding carboxylic acids is 1. The zero-order chi connectivity index (χ0) is 15.6. The Hall–Kier alpha value is -2.07. The largest absolute Gasteiger partial charge is 0.335 e. The third-order valence-corrected chi connectivity index (χ3v) is 5.29. The maximum Gasteiger partial charge on any atom is 0.315 e. The third-order valence-electron chi connectivity index (χ3n) is 5.29. The molecule has 1 saturated carbocycles. The first kappa shape index (κ1) is 14.5. The van der Waals surface area contributed by atoms with E-state index in [1.807, 2.05) is 18.2 Å². The van der Waals surface area contributed by atoms with Crippen molar-refractivity contribution in [3.05, 3.63) is 48.0 Å². The predicted octanol–water partition coefficient (Wildman–Crippen LogP) is 2.78. The number of rotatable bonds is 3. The average molecular weight is 309 g/mol. The Morgan fingerprint density at radius 2 is 2.00 bits per heavy atom. The molecule has 2 bridgehead atoms. The Kier molecular flexibility index (Phi) is 3.92. The van der Waals surface area contributed by atoms with Gasteiger partial charge in [0.15, 0.2) is 0 Å². The van der Waals surface area contributed by atoms with Crippen LogP contribution in [0, 0.1) is 5.92 Å². The summed E-state index contributed by atoms with van der Waals surface area (Å²) in [5, 5.41) is 12.1. The molecule has 0 spiro atoms. The molecule has 1 aliphatic heterocycles. The van der Waals surface area contributed by atoms with E-state index >= 15 is 0 Å². The molecule has 0 aromatic heterocycles. The number of benzene rings is 2. The Morgan fingerprint density at radius 1 is 1.13 bits per heavy atom. The van der Waals surface area contributed by atoms with Crippen LogP contribution in [0.1, 0.15) is 24.8 Å². The van der Waals surface area contributed by atoms with Crippen molar-refractivity contribution in [3.63, 3.8) is 0 Å². The number of hydrogen-bond donors (Lipinski definition) is 3. The van der Waals surface area contributed by atoms with Gasteiger partial charge in [-0.2, -0.15) is 0 Å². The van der Waals surface area contributed by atoms with Crippen LogP contribution in [0.4, 0.5) is 4.79 Å². The van der Waals surface area contributed by atoms with Crippen molar-refractivity contribution in [3.8, 4) is 0 Å². The highest BCUT2D eigenvalue weighted by atomic mass is 16.2. The summed E-state index contributed by atoms with van der Waals surface area (Å²) >= 11 is 0. The van der Waals surface area contributed by atoms with Crippen molar-refractivity contribution >= 4 is 16.8 Å². The number of carbonyl (C=O) groups is 1. The summed E-state index contributed by atoms with van der Waals surface area (Å²) < 4.78 is 0. The molecule has 1 heterocycles. The van der Waals surface area contributed by atoms with Crippen LogP contribution in [-0.4, -0.2) is 24.7 Å². The lowest BCUT2D eigenvalue weighted by Gasteiger charge is -2.28. The number of nitrogens with one attached hydrogen (secondary N) is 3. The van der Waals surface area contributed by atoms with Crippen LogP contribution in [-0.2, 0) is 6.54 Å². The van der Waals surface area contributed by atoms with Crippen LogP contribution in [0.2, 0.25) is 0 Å². The van der Waals surface area contributed by atoms with Gasteiger partial charge in [-0.05, 0) is 41.5 Å². The molecular weight excluding hydrogens is 286 g/mol. The van der Waals surface area contributed by atoms with E-state index in [1.165, 1.54) is 23.6 Å².